The molecular weight excluding hydrogens is 411 g/mol. The van der Waals surface area contributed by atoms with Gasteiger partial charge in [-0.25, -0.2) is 9.07 Å². The molecule has 0 spiro atoms. The first-order chi connectivity index (χ1) is 12.8. The fourth-order valence-electron chi connectivity index (χ4n) is 3.46. The highest BCUT2D eigenvalue weighted by Gasteiger charge is 2.30. The minimum Gasteiger partial charge on any atom is -0.334 e. The summed E-state index contributed by atoms with van der Waals surface area (Å²) < 4.78 is 15.4. The molecule has 3 rings (SSSR count). The number of carbonyl (C=O) groups is 1. The topological polar surface area (TPSA) is 41.4 Å². The van der Waals surface area contributed by atoms with Gasteiger partial charge in [0, 0.05) is 18.8 Å². The number of benzene rings is 1. The van der Waals surface area contributed by atoms with Gasteiger partial charge in [-0.05, 0) is 79.1 Å². The fraction of sp³-hybridized carbons (Fsp3) is 0.500. The van der Waals surface area contributed by atoms with Crippen LogP contribution in [-0.2, 0) is 0 Å². The monoisotopic (exact) mass is 436 g/mol. The first-order valence-electron chi connectivity index (χ1n) is 9.35. The highest BCUT2D eigenvalue weighted by Crippen LogP contribution is 2.24. The van der Waals surface area contributed by atoms with Gasteiger partial charge >= 0.3 is 0 Å². The van der Waals surface area contributed by atoms with E-state index in [2.05, 4.69) is 46.8 Å². The average molecular weight is 437 g/mol. The van der Waals surface area contributed by atoms with Crippen molar-refractivity contribution in [2.45, 2.75) is 32.7 Å². The minimum atomic E-state index is -0.299. The van der Waals surface area contributed by atoms with E-state index in [0.29, 0.717) is 28.3 Å². The van der Waals surface area contributed by atoms with Crippen LogP contribution >= 0.6 is 15.9 Å². The van der Waals surface area contributed by atoms with Crippen LogP contribution in [0.3, 0.4) is 0 Å². The second kappa shape index (κ2) is 8.52. The lowest BCUT2D eigenvalue weighted by Gasteiger charge is -2.38. The zero-order valence-corrected chi connectivity index (χ0v) is 17.6. The number of amides is 1. The van der Waals surface area contributed by atoms with Crippen molar-refractivity contribution in [2.75, 3.05) is 26.7 Å². The Hall–Kier alpha value is -1.73. The maximum atomic E-state index is 13.3. The summed E-state index contributed by atoms with van der Waals surface area (Å²) in [6.07, 6.45) is 3.71. The van der Waals surface area contributed by atoms with E-state index >= 15 is 0 Å². The van der Waals surface area contributed by atoms with Gasteiger partial charge in [0.15, 0.2) is 5.69 Å². The maximum Gasteiger partial charge on any atom is 0.275 e. The van der Waals surface area contributed by atoms with Gasteiger partial charge in [-0.3, -0.25) is 4.79 Å². The molecule has 0 N–H and O–H groups in total. The third-order valence-electron chi connectivity index (χ3n) is 4.91. The van der Waals surface area contributed by atoms with Crippen molar-refractivity contribution in [1.82, 2.24) is 19.6 Å². The van der Waals surface area contributed by atoms with Crippen LogP contribution in [0.2, 0.25) is 0 Å². The summed E-state index contributed by atoms with van der Waals surface area (Å²) in [4.78, 5) is 17.6. The molecule has 1 aliphatic heterocycles. The molecule has 2 aromatic rings. The summed E-state index contributed by atoms with van der Waals surface area (Å²) in [6.45, 7) is 6.96. The van der Waals surface area contributed by atoms with Crippen LogP contribution in [0.5, 0.6) is 0 Å². The molecule has 1 aromatic carbocycles. The number of likely N-dealkylation sites (tertiary alicyclic amines) is 1. The molecule has 0 aliphatic carbocycles. The van der Waals surface area contributed by atoms with Crippen LogP contribution in [0, 0.1) is 11.7 Å². The van der Waals surface area contributed by atoms with Crippen LogP contribution in [0.25, 0.3) is 5.69 Å². The first-order valence-corrected chi connectivity index (χ1v) is 10.1. The zero-order chi connectivity index (χ0) is 19.6. The number of rotatable bonds is 5. The molecule has 146 valence electrons. The summed E-state index contributed by atoms with van der Waals surface area (Å²) >= 11 is 3.48. The molecule has 2 heterocycles. The number of piperidine rings is 1. The number of carbonyl (C=O) groups excluding carboxylic acids is 1. The summed E-state index contributed by atoms with van der Waals surface area (Å²) in [7, 11) is 2.12. The van der Waals surface area contributed by atoms with Crippen molar-refractivity contribution in [3.8, 4) is 5.69 Å². The molecule has 5 nitrogen and oxygen atoms in total. The first kappa shape index (κ1) is 20.0. The van der Waals surface area contributed by atoms with Gasteiger partial charge in [0.25, 0.3) is 5.91 Å². The van der Waals surface area contributed by atoms with Crippen LogP contribution in [0.4, 0.5) is 4.39 Å². The second-order valence-corrected chi connectivity index (χ2v) is 8.49. The highest BCUT2D eigenvalue weighted by molar-refractivity contribution is 9.10. The number of aromatic nitrogens is 2. The normalized spacial score (nSPS) is 16.1. The maximum absolute atomic E-state index is 13.3. The third-order valence-corrected chi connectivity index (χ3v) is 5.50. The zero-order valence-electron chi connectivity index (χ0n) is 16.0. The van der Waals surface area contributed by atoms with Crippen molar-refractivity contribution < 1.29 is 9.18 Å². The SMILES string of the molecule is CC(C)CN(C(=O)c1nn(-c2ccc(F)cc2)cc1Br)C1CCN(C)CC1. The predicted molar refractivity (Wildman–Crippen MR) is 108 cm³/mol. The van der Waals surface area contributed by atoms with E-state index in [1.165, 1.54) is 12.1 Å². The average Bonchev–Trinajstić information content (AvgIpc) is 3.02. The van der Waals surface area contributed by atoms with E-state index < -0.39 is 0 Å². The van der Waals surface area contributed by atoms with E-state index in [9.17, 15) is 9.18 Å². The Morgan fingerprint density at radius 2 is 1.93 bits per heavy atom. The second-order valence-electron chi connectivity index (χ2n) is 7.63. The smallest absolute Gasteiger partial charge is 0.275 e. The molecule has 1 aromatic heterocycles. The van der Waals surface area contributed by atoms with Crippen LogP contribution < -0.4 is 0 Å². The van der Waals surface area contributed by atoms with Gasteiger partial charge in [-0.1, -0.05) is 13.8 Å². The lowest BCUT2D eigenvalue weighted by molar-refractivity contribution is 0.0552. The van der Waals surface area contributed by atoms with Gasteiger partial charge in [0.05, 0.1) is 10.2 Å². The summed E-state index contributed by atoms with van der Waals surface area (Å²) in [5.41, 5.74) is 1.12. The van der Waals surface area contributed by atoms with Crippen molar-refractivity contribution in [3.05, 3.63) is 46.4 Å². The summed E-state index contributed by atoms with van der Waals surface area (Å²) in [5.74, 6) is 0.0317. The van der Waals surface area contributed by atoms with Gasteiger partial charge in [0.2, 0.25) is 0 Å². The Morgan fingerprint density at radius 1 is 1.30 bits per heavy atom. The molecule has 7 heteroatoms. The van der Waals surface area contributed by atoms with E-state index in [1.807, 2.05) is 4.90 Å². The Balaban J connectivity index is 1.86. The quantitative estimate of drug-likeness (QED) is 0.711. The molecule has 27 heavy (non-hydrogen) atoms. The fourth-order valence-corrected chi connectivity index (χ4v) is 3.90. The number of hydrogen-bond donors (Lipinski definition) is 0. The van der Waals surface area contributed by atoms with E-state index in [-0.39, 0.29) is 17.8 Å². The predicted octanol–water partition coefficient (Wildman–Crippen LogP) is 3.97. The molecule has 1 amide bonds. The molecule has 1 saturated heterocycles. The molecule has 1 fully saturated rings. The molecule has 0 saturated carbocycles. The molecule has 0 atom stereocenters. The summed E-state index contributed by atoms with van der Waals surface area (Å²) in [6, 6.07) is 6.29. The number of nitrogens with zero attached hydrogens (tertiary/aromatic N) is 4. The van der Waals surface area contributed by atoms with Crippen LogP contribution in [0.15, 0.2) is 34.9 Å². The number of halogens is 2. The molecule has 0 unspecified atom stereocenters. The van der Waals surface area contributed by atoms with E-state index in [4.69, 9.17) is 0 Å². The molecular formula is C20H26BrFN4O. The molecule has 1 aliphatic rings. The van der Waals surface area contributed by atoms with Crippen molar-refractivity contribution in [3.63, 3.8) is 0 Å². The van der Waals surface area contributed by atoms with Crippen LogP contribution in [-0.4, -0.2) is 58.2 Å². The number of hydrogen-bond acceptors (Lipinski definition) is 3. The van der Waals surface area contributed by atoms with Crippen LogP contribution in [0.1, 0.15) is 37.2 Å². The van der Waals surface area contributed by atoms with Gasteiger partial charge < -0.3 is 9.80 Å². The minimum absolute atomic E-state index is 0.0500. The summed E-state index contributed by atoms with van der Waals surface area (Å²) in [5, 5.41) is 4.49. The van der Waals surface area contributed by atoms with E-state index in [1.54, 1.807) is 23.0 Å². The Bertz CT molecular complexity index is 782. The van der Waals surface area contributed by atoms with E-state index in [0.717, 1.165) is 25.9 Å². The lowest BCUT2D eigenvalue weighted by Crippen LogP contribution is -2.48. The Labute approximate surface area is 168 Å². The third kappa shape index (κ3) is 4.76. The molecule has 0 bridgehead atoms. The Kier molecular flexibility index (Phi) is 6.32. The van der Waals surface area contributed by atoms with Gasteiger partial charge in [-0.15, -0.1) is 0 Å². The van der Waals surface area contributed by atoms with Crippen molar-refractivity contribution >= 4 is 21.8 Å². The van der Waals surface area contributed by atoms with Crippen molar-refractivity contribution in [2.24, 2.45) is 5.92 Å². The molecule has 0 radical (unpaired) electrons. The Morgan fingerprint density at radius 3 is 2.52 bits per heavy atom. The lowest BCUT2D eigenvalue weighted by atomic mass is 10.0. The standard InChI is InChI=1S/C20H26BrFN4O/c1-14(2)12-25(16-8-10-24(3)11-9-16)20(27)19-18(21)13-26(23-19)17-6-4-15(22)5-7-17/h4-7,13-14,16H,8-12H2,1-3H3. The van der Waals surface area contributed by atoms with Gasteiger partial charge in [-0.2, -0.15) is 5.10 Å². The van der Waals surface area contributed by atoms with Crippen molar-refractivity contribution in [1.29, 1.82) is 0 Å². The highest BCUT2D eigenvalue weighted by atomic mass is 79.9. The van der Waals surface area contributed by atoms with Gasteiger partial charge in [0.1, 0.15) is 5.82 Å². The largest absolute Gasteiger partial charge is 0.334 e.